The number of carbonyl (C=O) groups excluding carboxylic acids is 1. The molecular weight excluding hydrogens is 228 g/mol. The number of hydrogen-bond acceptors (Lipinski definition) is 3. The van der Waals surface area contributed by atoms with Gasteiger partial charge in [0.15, 0.2) is 0 Å². The zero-order chi connectivity index (χ0) is 12.6. The number of amides is 1. The number of nitrogens with one attached hydrogen (secondary N) is 2. The van der Waals surface area contributed by atoms with Crippen molar-refractivity contribution in [2.24, 2.45) is 0 Å². The number of aromatic amines is 1. The molecule has 0 aliphatic carbocycles. The van der Waals surface area contributed by atoms with Gasteiger partial charge >= 0.3 is 0 Å². The van der Waals surface area contributed by atoms with Crippen molar-refractivity contribution in [2.75, 3.05) is 19.6 Å². The van der Waals surface area contributed by atoms with Crippen molar-refractivity contribution in [3.8, 4) is 0 Å². The molecular formula is C13H22N4O. The Bertz CT molecular complexity index is 342. The van der Waals surface area contributed by atoms with E-state index in [-0.39, 0.29) is 5.91 Å². The van der Waals surface area contributed by atoms with E-state index in [1.165, 1.54) is 32.1 Å². The van der Waals surface area contributed by atoms with Crippen molar-refractivity contribution in [1.29, 1.82) is 0 Å². The van der Waals surface area contributed by atoms with Gasteiger partial charge in [-0.3, -0.25) is 14.8 Å². The van der Waals surface area contributed by atoms with Gasteiger partial charge in [0.05, 0.1) is 18.8 Å². The molecule has 0 radical (unpaired) electrons. The summed E-state index contributed by atoms with van der Waals surface area (Å²) in [5.41, 5.74) is 0.941. The molecule has 100 valence electrons. The van der Waals surface area contributed by atoms with Gasteiger partial charge in [0, 0.05) is 6.20 Å². The van der Waals surface area contributed by atoms with E-state index in [1.54, 1.807) is 6.20 Å². The van der Waals surface area contributed by atoms with E-state index in [1.807, 2.05) is 6.07 Å². The summed E-state index contributed by atoms with van der Waals surface area (Å²) in [6, 6.07) is 1.87. The Morgan fingerprint density at radius 3 is 2.67 bits per heavy atom. The topological polar surface area (TPSA) is 61.0 Å². The van der Waals surface area contributed by atoms with Crippen LogP contribution < -0.4 is 5.32 Å². The van der Waals surface area contributed by atoms with Crippen LogP contribution in [-0.2, 0) is 11.3 Å². The first-order valence-corrected chi connectivity index (χ1v) is 6.82. The minimum absolute atomic E-state index is 0.102. The molecule has 1 aliphatic heterocycles. The molecule has 0 saturated carbocycles. The third-order valence-corrected chi connectivity index (χ3v) is 3.35. The van der Waals surface area contributed by atoms with Gasteiger partial charge in [0.2, 0.25) is 5.91 Å². The van der Waals surface area contributed by atoms with Crippen LogP contribution in [0.25, 0.3) is 0 Å². The van der Waals surface area contributed by atoms with E-state index in [2.05, 4.69) is 20.4 Å². The Balaban J connectivity index is 1.68. The second-order valence-corrected chi connectivity index (χ2v) is 4.90. The summed E-state index contributed by atoms with van der Waals surface area (Å²) < 4.78 is 0. The number of nitrogens with zero attached hydrogens (tertiary/aromatic N) is 2. The average molecular weight is 250 g/mol. The fraction of sp³-hybridized carbons (Fsp3) is 0.692. The highest BCUT2D eigenvalue weighted by molar-refractivity contribution is 5.77. The predicted octanol–water partition coefficient (Wildman–Crippen LogP) is 1.29. The van der Waals surface area contributed by atoms with Crippen molar-refractivity contribution in [3.05, 3.63) is 18.0 Å². The van der Waals surface area contributed by atoms with Crippen molar-refractivity contribution < 1.29 is 4.79 Å². The molecule has 0 unspecified atom stereocenters. The summed E-state index contributed by atoms with van der Waals surface area (Å²) in [5.74, 6) is 0.102. The van der Waals surface area contributed by atoms with Crippen LogP contribution >= 0.6 is 0 Å². The summed E-state index contributed by atoms with van der Waals surface area (Å²) in [7, 11) is 0. The molecule has 0 spiro atoms. The van der Waals surface area contributed by atoms with Crippen molar-refractivity contribution in [2.45, 2.75) is 38.6 Å². The minimum atomic E-state index is 0.102. The highest BCUT2D eigenvalue weighted by atomic mass is 16.2. The predicted molar refractivity (Wildman–Crippen MR) is 70.0 cm³/mol. The van der Waals surface area contributed by atoms with Gasteiger partial charge < -0.3 is 5.32 Å². The number of likely N-dealkylation sites (tertiary alicyclic amines) is 1. The maximum absolute atomic E-state index is 11.8. The Kier molecular flexibility index (Phi) is 5.20. The van der Waals surface area contributed by atoms with Crippen LogP contribution in [0, 0.1) is 0 Å². The summed E-state index contributed by atoms with van der Waals surface area (Å²) >= 11 is 0. The quantitative estimate of drug-likeness (QED) is 0.846. The molecule has 0 atom stereocenters. The molecule has 1 fully saturated rings. The van der Waals surface area contributed by atoms with Crippen LogP contribution in [0.3, 0.4) is 0 Å². The van der Waals surface area contributed by atoms with E-state index in [9.17, 15) is 4.79 Å². The van der Waals surface area contributed by atoms with E-state index < -0.39 is 0 Å². The zero-order valence-electron chi connectivity index (χ0n) is 10.8. The molecule has 2 N–H and O–H groups in total. The lowest BCUT2D eigenvalue weighted by Gasteiger charge is -2.23. The summed E-state index contributed by atoms with van der Waals surface area (Å²) in [5, 5.41) is 9.60. The number of aromatic nitrogens is 2. The SMILES string of the molecule is O=C(CN1CCCCCCC1)NCc1ccn[nH]1. The molecule has 2 rings (SSSR count). The molecule has 1 aromatic heterocycles. The molecule has 18 heavy (non-hydrogen) atoms. The van der Waals surface area contributed by atoms with Crippen molar-refractivity contribution >= 4 is 5.91 Å². The maximum Gasteiger partial charge on any atom is 0.234 e. The van der Waals surface area contributed by atoms with Crippen LogP contribution in [0.4, 0.5) is 0 Å². The standard InChI is InChI=1S/C13H22N4O/c18-13(14-10-12-6-7-15-16-12)11-17-8-4-2-1-3-5-9-17/h6-7H,1-5,8-11H2,(H,14,18)(H,15,16). The van der Waals surface area contributed by atoms with Gasteiger partial charge in [-0.15, -0.1) is 0 Å². The second kappa shape index (κ2) is 7.16. The van der Waals surface area contributed by atoms with Crippen molar-refractivity contribution in [3.63, 3.8) is 0 Å². The molecule has 0 aromatic carbocycles. The first-order chi connectivity index (χ1) is 8.84. The number of H-pyrrole nitrogens is 1. The fourth-order valence-electron chi connectivity index (χ4n) is 2.31. The molecule has 5 heteroatoms. The van der Waals surface area contributed by atoms with Crippen molar-refractivity contribution in [1.82, 2.24) is 20.4 Å². The van der Waals surface area contributed by atoms with Gasteiger partial charge in [0.25, 0.3) is 0 Å². The van der Waals surface area contributed by atoms with E-state index in [0.717, 1.165) is 18.8 Å². The van der Waals surface area contributed by atoms with E-state index in [4.69, 9.17) is 0 Å². The van der Waals surface area contributed by atoms with Crippen LogP contribution in [0.1, 0.15) is 37.8 Å². The van der Waals surface area contributed by atoms with Gasteiger partial charge in [-0.25, -0.2) is 0 Å². The monoisotopic (exact) mass is 250 g/mol. The minimum Gasteiger partial charge on any atom is -0.349 e. The van der Waals surface area contributed by atoms with E-state index >= 15 is 0 Å². The first-order valence-electron chi connectivity index (χ1n) is 6.82. The smallest absolute Gasteiger partial charge is 0.234 e. The van der Waals surface area contributed by atoms with Gasteiger partial charge in [-0.05, 0) is 32.0 Å². The second-order valence-electron chi connectivity index (χ2n) is 4.90. The largest absolute Gasteiger partial charge is 0.349 e. The number of carbonyl (C=O) groups is 1. The lowest BCUT2D eigenvalue weighted by Crippen LogP contribution is -2.38. The average Bonchev–Trinajstić information content (AvgIpc) is 2.83. The highest BCUT2D eigenvalue weighted by Gasteiger charge is 2.12. The summed E-state index contributed by atoms with van der Waals surface area (Å²) in [6.07, 6.45) is 8.07. The fourth-order valence-corrected chi connectivity index (χ4v) is 2.31. The normalized spacial score (nSPS) is 18.0. The molecule has 1 saturated heterocycles. The summed E-state index contributed by atoms with van der Waals surface area (Å²) in [4.78, 5) is 14.1. The van der Waals surface area contributed by atoms with Crippen LogP contribution in [0.15, 0.2) is 12.3 Å². The first kappa shape index (κ1) is 13.1. The lowest BCUT2D eigenvalue weighted by molar-refractivity contribution is -0.122. The van der Waals surface area contributed by atoms with Gasteiger partial charge in [-0.1, -0.05) is 19.3 Å². The molecule has 1 amide bonds. The van der Waals surface area contributed by atoms with Gasteiger partial charge in [0.1, 0.15) is 0 Å². The maximum atomic E-state index is 11.8. The molecule has 1 aliphatic rings. The van der Waals surface area contributed by atoms with E-state index in [0.29, 0.717) is 13.1 Å². The molecule has 0 bridgehead atoms. The van der Waals surface area contributed by atoms with Crippen LogP contribution in [0.2, 0.25) is 0 Å². The summed E-state index contributed by atoms with van der Waals surface area (Å²) in [6.45, 7) is 3.16. The molecule has 1 aromatic rings. The number of hydrogen-bond donors (Lipinski definition) is 2. The van der Waals surface area contributed by atoms with Crippen LogP contribution in [0.5, 0.6) is 0 Å². The zero-order valence-corrected chi connectivity index (χ0v) is 10.8. The third kappa shape index (κ3) is 4.49. The number of rotatable bonds is 4. The molecule has 2 heterocycles. The highest BCUT2D eigenvalue weighted by Crippen LogP contribution is 2.09. The Labute approximate surface area is 108 Å². The van der Waals surface area contributed by atoms with Crippen LogP contribution in [-0.4, -0.2) is 40.6 Å². The third-order valence-electron chi connectivity index (χ3n) is 3.35. The Morgan fingerprint density at radius 2 is 2.00 bits per heavy atom. The lowest BCUT2D eigenvalue weighted by atomic mass is 10.1. The Morgan fingerprint density at radius 1 is 1.28 bits per heavy atom. The molecule has 5 nitrogen and oxygen atoms in total. The Hall–Kier alpha value is -1.36. The van der Waals surface area contributed by atoms with Gasteiger partial charge in [-0.2, -0.15) is 5.10 Å².